The molecule has 0 fully saturated rings. The van der Waals surface area contributed by atoms with Crippen molar-refractivity contribution in [1.82, 2.24) is 0 Å². The van der Waals surface area contributed by atoms with Gasteiger partial charge in [0.25, 0.3) is 0 Å². The van der Waals surface area contributed by atoms with Crippen LogP contribution in [0.4, 0.5) is 13.2 Å². The third-order valence-electron chi connectivity index (χ3n) is 3.05. The van der Waals surface area contributed by atoms with Crippen LogP contribution in [0.2, 0.25) is 0 Å². The molecule has 2 aromatic carbocycles. The lowest BCUT2D eigenvalue weighted by molar-refractivity contribution is -0.137. The minimum atomic E-state index is -0.959. The van der Waals surface area contributed by atoms with Gasteiger partial charge in [0.05, 0.1) is 12.2 Å². The van der Waals surface area contributed by atoms with Crippen LogP contribution in [-0.4, -0.2) is 12.6 Å². The summed E-state index contributed by atoms with van der Waals surface area (Å²) < 4.78 is 45.1. The summed E-state index contributed by atoms with van der Waals surface area (Å²) in [6.45, 7) is 3.47. The average Bonchev–Trinajstić information content (AvgIpc) is 2.47. The maximum atomic E-state index is 13.7. The van der Waals surface area contributed by atoms with Crippen LogP contribution >= 0.6 is 0 Å². The third kappa shape index (κ3) is 3.75. The van der Waals surface area contributed by atoms with Crippen LogP contribution in [-0.2, 0) is 16.0 Å². The van der Waals surface area contributed by atoms with Gasteiger partial charge in [0.2, 0.25) is 0 Å². The van der Waals surface area contributed by atoms with E-state index in [-0.39, 0.29) is 12.2 Å². The molecule has 0 saturated heterocycles. The zero-order valence-corrected chi connectivity index (χ0v) is 11.6. The Morgan fingerprint density at radius 1 is 1.09 bits per heavy atom. The highest BCUT2D eigenvalue weighted by Crippen LogP contribution is 2.27. The van der Waals surface area contributed by atoms with E-state index in [1.165, 1.54) is 12.1 Å². The fraction of sp³-hybridized carbons (Fsp3) is 0.118. The van der Waals surface area contributed by atoms with Crippen LogP contribution in [0, 0.1) is 17.5 Å². The van der Waals surface area contributed by atoms with Crippen molar-refractivity contribution in [2.45, 2.75) is 6.42 Å². The molecule has 2 aromatic rings. The molecule has 2 rings (SSSR count). The molecule has 0 aliphatic rings. The van der Waals surface area contributed by atoms with Crippen LogP contribution in [0.1, 0.15) is 5.56 Å². The highest BCUT2D eigenvalue weighted by molar-refractivity contribution is 5.81. The second-order valence-corrected chi connectivity index (χ2v) is 4.56. The summed E-state index contributed by atoms with van der Waals surface area (Å²) in [6.07, 6.45) is 1.54. The molecule has 5 heteroatoms. The van der Waals surface area contributed by atoms with Gasteiger partial charge in [-0.05, 0) is 11.1 Å². The number of rotatable bonds is 5. The van der Waals surface area contributed by atoms with E-state index >= 15 is 0 Å². The number of hydrogen-bond donors (Lipinski definition) is 0. The van der Waals surface area contributed by atoms with Crippen molar-refractivity contribution in [2.75, 3.05) is 6.61 Å². The van der Waals surface area contributed by atoms with Gasteiger partial charge in [-0.1, -0.05) is 30.8 Å². The van der Waals surface area contributed by atoms with Crippen molar-refractivity contribution in [3.05, 3.63) is 72.1 Å². The molecule has 2 nitrogen and oxygen atoms in total. The molecule has 0 saturated carbocycles. The molecule has 0 bridgehead atoms. The monoisotopic (exact) mass is 306 g/mol. The SMILES string of the molecule is C=CC(=O)OCCc1ccc(-c2c(F)cc(F)cc2F)cc1. The Balaban J connectivity index is 2.12. The van der Waals surface area contributed by atoms with E-state index in [9.17, 15) is 18.0 Å². The Kier molecular flexibility index (Phi) is 4.99. The zero-order valence-electron chi connectivity index (χ0n) is 11.6. The molecule has 114 valence electrons. The van der Waals surface area contributed by atoms with Gasteiger partial charge in [-0.15, -0.1) is 0 Å². The lowest BCUT2D eigenvalue weighted by Gasteiger charge is -2.07. The summed E-state index contributed by atoms with van der Waals surface area (Å²) in [5, 5.41) is 0. The molecule has 0 amide bonds. The summed E-state index contributed by atoms with van der Waals surface area (Å²) in [7, 11) is 0. The molecule has 0 aromatic heterocycles. The Labute approximate surface area is 125 Å². The first-order chi connectivity index (χ1) is 10.5. The Morgan fingerprint density at radius 3 is 2.23 bits per heavy atom. The van der Waals surface area contributed by atoms with Gasteiger partial charge >= 0.3 is 5.97 Å². The molecule has 0 heterocycles. The maximum Gasteiger partial charge on any atom is 0.330 e. The summed E-state index contributed by atoms with van der Waals surface area (Å²) in [6, 6.07) is 7.68. The van der Waals surface area contributed by atoms with Crippen molar-refractivity contribution in [3.8, 4) is 11.1 Å². The van der Waals surface area contributed by atoms with Crippen molar-refractivity contribution in [1.29, 1.82) is 0 Å². The first kappa shape index (κ1) is 15.8. The number of carbonyl (C=O) groups excluding carboxylic acids is 1. The number of hydrogen-bond acceptors (Lipinski definition) is 2. The van der Waals surface area contributed by atoms with Gasteiger partial charge in [-0.3, -0.25) is 0 Å². The van der Waals surface area contributed by atoms with Gasteiger partial charge in [-0.2, -0.15) is 0 Å². The molecular formula is C17H13F3O2. The Hall–Kier alpha value is -2.56. The van der Waals surface area contributed by atoms with E-state index in [1.54, 1.807) is 12.1 Å². The molecule has 0 aliphatic carbocycles. The van der Waals surface area contributed by atoms with E-state index in [1.807, 2.05) is 0 Å². The molecular weight excluding hydrogens is 293 g/mol. The minimum absolute atomic E-state index is 0.184. The highest BCUT2D eigenvalue weighted by Gasteiger charge is 2.13. The average molecular weight is 306 g/mol. The summed E-state index contributed by atoms with van der Waals surface area (Å²) >= 11 is 0. The van der Waals surface area contributed by atoms with Crippen molar-refractivity contribution in [2.24, 2.45) is 0 Å². The van der Waals surface area contributed by atoms with Crippen LogP contribution in [0.15, 0.2) is 49.1 Å². The van der Waals surface area contributed by atoms with E-state index in [0.29, 0.717) is 24.1 Å². The Morgan fingerprint density at radius 2 is 1.68 bits per heavy atom. The molecule has 0 spiro atoms. The summed E-state index contributed by atoms with van der Waals surface area (Å²) in [5.41, 5.74) is 0.872. The largest absolute Gasteiger partial charge is 0.462 e. The van der Waals surface area contributed by atoms with Gasteiger partial charge in [0.1, 0.15) is 17.5 Å². The van der Waals surface area contributed by atoms with Crippen molar-refractivity contribution >= 4 is 5.97 Å². The van der Waals surface area contributed by atoms with Gasteiger partial charge in [0, 0.05) is 24.6 Å². The standard InChI is InChI=1S/C17H13F3O2/c1-2-16(21)22-8-7-11-3-5-12(6-4-11)17-14(19)9-13(18)10-15(17)20/h2-6,9-10H,1,7-8H2. The summed E-state index contributed by atoms with van der Waals surface area (Å²) in [5.74, 6) is -3.37. The predicted octanol–water partition coefficient (Wildman–Crippen LogP) is 4.04. The zero-order chi connectivity index (χ0) is 16.1. The lowest BCUT2D eigenvalue weighted by Crippen LogP contribution is -2.04. The molecule has 0 unspecified atom stereocenters. The van der Waals surface area contributed by atoms with E-state index < -0.39 is 23.4 Å². The number of ether oxygens (including phenoxy) is 1. The van der Waals surface area contributed by atoms with Gasteiger partial charge in [0.15, 0.2) is 0 Å². The van der Waals surface area contributed by atoms with E-state index in [0.717, 1.165) is 11.6 Å². The summed E-state index contributed by atoms with van der Waals surface area (Å²) in [4.78, 5) is 10.9. The quantitative estimate of drug-likeness (QED) is 0.615. The number of benzene rings is 2. The second-order valence-electron chi connectivity index (χ2n) is 4.56. The van der Waals surface area contributed by atoms with Gasteiger partial charge < -0.3 is 4.74 Å². The van der Waals surface area contributed by atoms with Crippen molar-refractivity contribution < 1.29 is 22.7 Å². The second kappa shape index (κ2) is 6.93. The van der Waals surface area contributed by atoms with E-state index in [2.05, 4.69) is 6.58 Å². The van der Waals surface area contributed by atoms with Crippen LogP contribution < -0.4 is 0 Å². The molecule has 0 atom stereocenters. The molecule has 22 heavy (non-hydrogen) atoms. The fourth-order valence-electron chi connectivity index (χ4n) is 1.98. The van der Waals surface area contributed by atoms with Gasteiger partial charge in [-0.25, -0.2) is 18.0 Å². The van der Waals surface area contributed by atoms with Crippen molar-refractivity contribution in [3.63, 3.8) is 0 Å². The first-order valence-corrected chi connectivity index (χ1v) is 6.54. The van der Waals surface area contributed by atoms with Crippen LogP contribution in [0.25, 0.3) is 11.1 Å². The molecule has 0 aliphatic heterocycles. The minimum Gasteiger partial charge on any atom is -0.462 e. The smallest absolute Gasteiger partial charge is 0.330 e. The maximum absolute atomic E-state index is 13.7. The lowest BCUT2D eigenvalue weighted by atomic mass is 10.0. The first-order valence-electron chi connectivity index (χ1n) is 6.54. The number of carbonyl (C=O) groups is 1. The third-order valence-corrected chi connectivity index (χ3v) is 3.05. The van der Waals surface area contributed by atoms with Crippen LogP contribution in [0.3, 0.4) is 0 Å². The highest BCUT2D eigenvalue weighted by atomic mass is 19.1. The van der Waals surface area contributed by atoms with E-state index in [4.69, 9.17) is 4.74 Å². The predicted molar refractivity (Wildman–Crippen MR) is 76.6 cm³/mol. The number of esters is 1. The Bertz CT molecular complexity index is 671. The topological polar surface area (TPSA) is 26.3 Å². The normalized spacial score (nSPS) is 10.3. The molecule has 0 radical (unpaired) electrons. The number of halogens is 3. The molecule has 0 N–H and O–H groups in total. The fourth-order valence-corrected chi connectivity index (χ4v) is 1.98. The van der Waals surface area contributed by atoms with Crippen LogP contribution in [0.5, 0.6) is 0 Å².